The van der Waals surface area contributed by atoms with Gasteiger partial charge in [-0.05, 0) is 49.2 Å². The van der Waals surface area contributed by atoms with Gasteiger partial charge >= 0.3 is 0 Å². The minimum atomic E-state index is -0.247. The van der Waals surface area contributed by atoms with Gasteiger partial charge in [-0.3, -0.25) is 4.79 Å². The van der Waals surface area contributed by atoms with E-state index in [-0.39, 0.29) is 11.8 Å². The van der Waals surface area contributed by atoms with Gasteiger partial charge in [0.25, 0.3) is 0 Å². The normalized spacial score (nSPS) is 11.9. The first-order chi connectivity index (χ1) is 9.60. The third-order valence-corrected chi connectivity index (χ3v) is 3.77. The first-order valence-electron chi connectivity index (χ1n) is 6.75. The van der Waals surface area contributed by atoms with Crippen LogP contribution in [0.3, 0.4) is 0 Å². The van der Waals surface area contributed by atoms with Gasteiger partial charge in [-0.25, -0.2) is 0 Å². The van der Waals surface area contributed by atoms with Crippen molar-refractivity contribution in [2.24, 2.45) is 0 Å². The van der Waals surface area contributed by atoms with Crippen molar-refractivity contribution < 1.29 is 4.79 Å². The highest BCUT2D eigenvalue weighted by Gasteiger charge is 2.15. The third-order valence-electron chi connectivity index (χ3n) is 3.24. The van der Waals surface area contributed by atoms with Crippen LogP contribution < -0.4 is 5.32 Å². The van der Waals surface area contributed by atoms with Crippen molar-refractivity contribution in [2.75, 3.05) is 5.32 Å². The number of carbonyl (C=O) groups excluding carboxylic acids is 1. The number of nitrogens with one attached hydrogen (secondary N) is 1. The second kappa shape index (κ2) is 6.71. The summed E-state index contributed by atoms with van der Waals surface area (Å²) in [6.07, 6.45) is 0.940. The van der Waals surface area contributed by atoms with E-state index in [1.54, 1.807) is 0 Å². The van der Waals surface area contributed by atoms with Gasteiger partial charge in [0, 0.05) is 15.7 Å². The monoisotopic (exact) mass is 331 g/mol. The molecule has 0 saturated carbocycles. The molecule has 0 aliphatic carbocycles. The Balaban J connectivity index is 2.09. The molecule has 1 N–H and O–H groups in total. The number of hydrogen-bond acceptors (Lipinski definition) is 2. The van der Waals surface area contributed by atoms with Crippen LogP contribution in [0.25, 0.3) is 0 Å². The molecule has 3 heteroatoms. The van der Waals surface area contributed by atoms with Gasteiger partial charge in [0.05, 0.1) is 6.04 Å². The van der Waals surface area contributed by atoms with E-state index in [0.29, 0.717) is 0 Å². The average molecular weight is 332 g/mol. The molecule has 2 aromatic rings. The molecule has 2 nitrogen and oxygen atoms in total. The quantitative estimate of drug-likeness (QED) is 0.805. The Kier molecular flexibility index (Phi) is 4.96. The number of carbonyl (C=O) groups is 1. The topological polar surface area (TPSA) is 29.1 Å². The van der Waals surface area contributed by atoms with Gasteiger partial charge in [-0.1, -0.05) is 41.1 Å². The minimum Gasteiger partial charge on any atom is -0.375 e. The molecule has 20 heavy (non-hydrogen) atoms. The van der Waals surface area contributed by atoms with Crippen molar-refractivity contribution in [1.82, 2.24) is 0 Å². The predicted molar refractivity (Wildman–Crippen MR) is 87.4 cm³/mol. The molecule has 2 aromatic carbocycles. The first-order valence-corrected chi connectivity index (χ1v) is 7.54. The van der Waals surface area contributed by atoms with Gasteiger partial charge in [0.1, 0.15) is 0 Å². The smallest absolute Gasteiger partial charge is 0.184 e. The number of benzene rings is 2. The first kappa shape index (κ1) is 14.8. The molecule has 1 atom stereocenters. The van der Waals surface area contributed by atoms with Crippen molar-refractivity contribution in [3.8, 4) is 0 Å². The largest absolute Gasteiger partial charge is 0.375 e. The van der Waals surface area contributed by atoms with Crippen LogP contribution in [-0.2, 0) is 6.42 Å². The lowest BCUT2D eigenvalue weighted by atomic mass is 10.0. The molecular formula is C17H18BrNO. The van der Waals surface area contributed by atoms with Crippen LogP contribution in [-0.4, -0.2) is 11.8 Å². The summed E-state index contributed by atoms with van der Waals surface area (Å²) in [5.74, 6) is 0.114. The highest BCUT2D eigenvalue weighted by molar-refractivity contribution is 9.10. The highest BCUT2D eigenvalue weighted by Crippen LogP contribution is 2.16. The number of aryl methyl sites for hydroxylation is 1. The summed E-state index contributed by atoms with van der Waals surface area (Å²) in [4.78, 5) is 12.4. The molecule has 1 unspecified atom stereocenters. The zero-order chi connectivity index (χ0) is 14.5. The van der Waals surface area contributed by atoms with E-state index in [1.807, 2.05) is 55.5 Å². The van der Waals surface area contributed by atoms with E-state index in [0.717, 1.165) is 22.1 Å². The summed E-state index contributed by atoms with van der Waals surface area (Å²) in [6.45, 7) is 3.98. The van der Waals surface area contributed by atoms with Crippen LogP contribution in [0.5, 0.6) is 0 Å². The number of hydrogen-bond donors (Lipinski definition) is 1. The van der Waals surface area contributed by atoms with Crippen LogP contribution in [0.15, 0.2) is 53.0 Å². The summed E-state index contributed by atoms with van der Waals surface area (Å²) < 4.78 is 1.03. The summed E-state index contributed by atoms with van der Waals surface area (Å²) in [6, 6.07) is 15.4. The van der Waals surface area contributed by atoms with Crippen molar-refractivity contribution in [3.05, 3.63) is 64.1 Å². The lowest BCUT2D eigenvalue weighted by molar-refractivity contribution is 0.0975. The molecule has 0 heterocycles. The van der Waals surface area contributed by atoms with Crippen LogP contribution in [0.1, 0.15) is 29.8 Å². The van der Waals surface area contributed by atoms with Crippen molar-refractivity contribution >= 4 is 27.4 Å². The fraction of sp³-hybridized carbons (Fsp3) is 0.235. The van der Waals surface area contributed by atoms with E-state index < -0.39 is 0 Å². The molecule has 2 rings (SSSR count). The Morgan fingerprint density at radius 1 is 1.20 bits per heavy atom. The van der Waals surface area contributed by atoms with E-state index in [9.17, 15) is 4.79 Å². The zero-order valence-corrected chi connectivity index (χ0v) is 13.3. The molecule has 0 radical (unpaired) electrons. The molecule has 104 valence electrons. The summed E-state index contributed by atoms with van der Waals surface area (Å²) in [7, 11) is 0. The van der Waals surface area contributed by atoms with E-state index in [4.69, 9.17) is 0 Å². The molecule has 0 fully saturated rings. The van der Waals surface area contributed by atoms with E-state index in [2.05, 4.69) is 28.2 Å². The number of rotatable bonds is 5. The van der Waals surface area contributed by atoms with Crippen LogP contribution in [0.2, 0.25) is 0 Å². The Hall–Kier alpha value is -1.61. The summed E-state index contributed by atoms with van der Waals surface area (Å²) in [5.41, 5.74) is 2.90. The van der Waals surface area contributed by atoms with Gasteiger partial charge in [0.15, 0.2) is 5.78 Å². The molecular weight excluding hydrogens is 314 g/mol. The lowest BCUT2D eigenvalue weighted by Gasteiger charge is -2.14. The Morgan fingerprint density at radius 3 is 2.55 bits per heavy atom. The molecule has 0 aromatic heterocycles. The van der Waals surface area contributed by atoms with E-state index in [1.165, 1.54) is 5.56 Å². The predicted octanol–water partition coefficient (Wildman–Crippen LogP) is 4.69. The Bertz CT molecular complexity index is 592. The average Bonchev–Trinajstić information content (AvgIpc) is 2.48. The van der Waals surface area contributed by atoms with Gasteiger partial charge in [0.2, 0.25) is 0 Å². The second-order valence-corrected chi connectivity index (χ2v) is 5.71. The summed E-state index contributed by atoms with van der Waals surface area (Å²) in [5, 5.41) is 3.23. The van der Waals surface area contributed by atoms with Crippen molar-refractivity contribution in [2.45, 2.75) is 26.3 Å². The molecule has 0 aliphatic rings. The van der Waals surface area contributed by atoms with Gasteiger partial charge < -0.3 is 5.32 Å². The van der Waals surface area contributed by atoms with Crippen LogP contribution in [0.4, 0.5) is 5.69 Å². The Labute approximate surface area is 128 Å². The highest BCUT2D eigenvalue weighted by atomic mass is 79.9. The fourth-order valence-corrected chi connectivity index (χ4v) is 2.32. The summed E-state index contributed by atoms with van der Waals surface area (Å²) >= 11 is 3.40. The number of anilines is 1. The molecule has 0 amide bonds. The molecule has 0 saturated heterocycles. The van der Waals surface area contributed by atoms with Crippen molar-refractivity contribution in [1.29, 1.82) is 0 Å². The molecule has 0 spiro atoms. The van der Waals surface area contributed by atoms with Gasteiger partial charge in [-0.2, -0.15) is 0 Å². The van der Waals surface area contributed by atoms with E-state index >= 15 is 0 Å². The maximum Gasteiger partial charge on any atom is 0.184 e. The second-order valence-electron chi connectivity index (χ2n) is 4.79. The van der Waals surface area contributed by atoms with Crippen LogP contribution >= 0.6 is 15.9 Å². The van der Waals surface area contributed by atoms with Crippen LogP contribution in [0, 0.1) is 0 Å². The number of halogens is 1. The SMILES string of the molecule is CCc1cccc(C(=O)C(C)Nc2ccc(Br)cc2)c1. The van der Waals surface area contributed by atoms with Gasteiger partial charge in [-0.15, -0.1) is 0 Å². The fourth-order valence-electron chi connectivity index (χ4n) is 2.06. The Morgan fingerprint density at radius 2 is 1.90 bits per heavy atom. The standard InChI is InChI=1S/C17H18BrNO/c1-3-13-5-4-6-14(11-13)17(20)12(2)19-16-9-7-15(18)8-10-16/h4-12,19H,3H2,1-2H3. The maximum absolute atomic E-state index is 12.4. The third kappa shape index (κ3) is 3.70. The van der Waals surface area contributed by atoms with Crippen molar-refractivity contribution in [3.63, 3.8) is 0 Å². The molecule has 0 aliphatic heterocycles. The molecule has 0 bridgehead atoms. The lowest BCUT2D eigenvalue weighted by Crippen LogP contribution is -2.26. The number of Topliss-reactive ketones (excluding diaryl/α,β-unsaturated/α-hetero) is 1. The number of ketones is 1. The maximum atomic E-state index is 12.4. The zero-order valence-electron chi connectivity index (χ0n) is 11.7. The minimum absolute atomic E-state index is 0.114.